The van der Waals surface area contributed by atoms with Gasteiger partial charge in [0, 0.05) is 18.1 Å². The fourth-order valence-corrected chi connectivity index (χ4v) is 1.77. The Hall–Kier alpha value is -1.10. The molecule has 0 aliphatic heterocycles. The normalized spacial score (nSPS) is 12.5. The van der Waals surface area contributed by atoms with E-state index in [1.807, 2.05) is 31.1 Å². The number of hydrogen-bond acceptors (Lipinski definition) is 4. The number of likely N-dealkylation sites (N-methyl/N-ethyl adjacent to an activating group) is 1. The van der Waals surface area contributed by atoms with E-state index in [1.54, 1.807) is 12.1 Å². The first-order valence-electron chi connectivity index (χ1n) is 5.76. The highest BCUT2D eigenvalue weighted by Gasteiger charge is 2.20. The minimum atomic E-state index is -0.478. The van der Waals surface area contributed by atoms with Crippen molar-refractivity contribution in [2.75, 3.05) is 34.3 Å². The molecule has 1 N–H and O–H groups in total. The molecule has 0 aromatic heterocycles. The highest BCUT2D eigenvalue weighted by Crippen LogP contribution is 2.18. The van der Waals surface area contributed by atoms with E-state index in [0.29, 0.717) is 11.6 Å². The minimum absolute atomic E-state index is 0.309. The van der Waals surface area contributed by atoms with Crippen molar-refractivity contribution in [3.05, 3.63) is 34.9 Å². The Labute approximate surface area is 113 Å². The zero-order valence-electron chi connectivity index (χ0n) is 10.9. The van der Waals surface area contributed by atoms with Gasteiger partial charge in [0.1, 0.15) is 6.04 Å². The molecule has 0 radical (unpaired) electrons. The molecule has 5 heteroatoms. The van der Waals surface area contributed by atoms with Crippen molar-refractivity contribution in [1.82, 2.24) is 10.2 Å². The van der Waals surface area contributed by atoms with E-state index in [4.69, 9.17) is 16.3 Å². The topological polar surface area (TPSA) is 41.6 Å². The minimum Gasteiger partial charge on any atom is -0.468 e. The lowest BCUT2D eigenvalue weighted by Gasteiger charge is -2.18. The van der Waals surface area contributed by atoms with Crippen LogP contribution in [0.3, 0.4) is 0 Å². The molecule has 0 saturated heterocycles. The van der Waals surface area contributed by atoms with E-state index in [1.165, 1.54) is 7.11 Å². The molecule has 4 nitrogen and oxygen atoms in total. The molecule has 0 aliphatic rings. The molecule has 0 heterocycles. The lowest BCUT2D eigenvalue weighted by molar-refractivity contribution is -0.143. The number of rotatable bonds is 6. The number of nitrogens with one attached hydrogen (secondary N) is 1. The van der Waals surface area contributed by atoms with Crippen LogP contribution in [0.15, 0.2) is 24.3 Å². The van der Waals surface area contributed by atoms with Gasteiger partial charge in [-0.2, -0.15) is 0 Å². The summed E-state index contributed by atoms with van der Waals surface area (Å²) in [6, 6.07) is 6.75. The van der Waals surface area contributed by atoms with Crippen molar-refractivity contribution in [2.24, 2.45) is 0 Å². The number of carbonyl (C=O) groups is 1. The Bertz CT molecular complexity index is 396. The third-order valence-corrected chi connectivity index (χ3v) is 2.76. The third-order valence-electron chi connectivity index (χ3n) is 2.53. The van der Waals surface area contributed by atoms with Crippen molar-refractivity contribution in [2.45, 2.75) is 6.04 Å². The van der Waals surface area contributed by atoms with Crippen molar-refractivity contribution >= 4 is 17.6 Å². The maximum atomic E-state index is 11.8. The van der Waals surface area contributed by atoms with E-state index in [-0.39, 0.29) is 5.97 Å². The van der Waals surface area contributed by atoms with Crippen LogP contribution in [0.2, 0.25) is 5.02 Å². The molecule has 0 fully saturated rings. The van der Waals surface area contributed by atoms with E-state index in [9.17, 15) is 4.79 Å². The first kappa shape index (κ1) is 15.0. The van der Waals surface area contributed by atoms with Crippen LogP contribution in [-0.2, 0) is 9.53 Å². The zero-order chi connectivity index (χ0) is 13.5. The summed E-state index contributed by atoms with van der Waals surface area (Å²) < 4.78 is 4.81. The number of esters is 1. The van der Waals surface area contributed by atoms with Crippen LogP contribution < -0.4 is 5.32 Å². The molecule has 1 atom stereocenters. The van der Waals surface area contributed by atoms with Gasteiger partial charge < -0.3 is 9.64 Å². The molecule has 0 spiro atoms. The average Bonchev–Trinajstić information content (AvgIpc) is 2.33. The van der Waals surface area contributed by atoms with Crippen molar-refractivity contribution in [3.63, 3.8) is 0 Å². The average molecular weight is 271 g/mol. The molecule has 0 amide bonds. The highest BCUT2D eigenvalue weighted by atomic mass is 35.5. The highest BCUT2D eigenvalue weighted by molar-refractivity contribution is 6.30. The molecular formula is C13H19ClN2O2. The van der Waals surface area contributed by atoms with Gasteiger partial charge in [-0.1, -0.05) is 23.7 Å². The Morgan fingerprint density at radius 1 is 1.50 bits per heavy atom. The van der Waals surface area contributed by atoms with Gasteiger partial charge in [-0.05, 0) is 31.8 Å². The Morgan fingerprint density at radius 2 is 2.22 bits per heavy atom. The second-order valence-electron chi connectivity index (χ2n) is 4.27. The molecule has 1 aromatic carbocycles. The molecule has 0 saturated carbocycles. The van der Waals surface area contributed by atoms with Gasteiger partial charge in [-0.3, -0.25) is 5.32 Å². The van der Waals surface area contributed by atoms with Gasteiger partial charge in [0.2, 0.25) is 0 Å². The van der Waals surface area contributed by atoms with Crippen LogP contribution in [0.25, 0.3) is 0 Å². The van der Waals surface area contributed by atoms with Gasteiger partial charge in [-0.15, -0.1) is 0 Å². The first-order valence-corrected chi connectivity index (χ1v) is 6.14. The van der Waals surface area contributed by atoms with E-state index in [2.05, 4.69) is 5.32 Å². The van der Waals surface area contributed by atoms with Crippen molar-refractivity contribution in [3.8, 4) is 0 Å². The van der Waals surface area contributed by atoms with Crippen molar-refractivity contribution in [1.29, 1.82) is 0 Å². The van der Waals surface area contributed by atoms with E-state index in [0.717, 1.165) is 12.1 Å². The second-order valence-corrected chi connectivity index (χ2v) is 4.71. The lowest BCUT2D eigenvalue weighted by atomic mass is 10.1. The van der Waals surface area contributed by atoms with Crippen LogP contribution in [0.4, 0.5) is 0 Å². The van der Waals surface area contributed by atoms with Gasteiger partial charge in [0.05, 0.1) is 7.11 Å². The molecule has 1 rings (SSSR count). The maximum absolute atomic E-state index is 11.8. The Kier molecular flexibility index (Phi) is 6.12. The summed E-state index contributed by atoms with van der Waals surface area (Å²) in [7, 11) is 5.34. The quantitative estimate of drug-likeness (QED) is 0.799. The summed E-state index contributed by atoms with van der Waals surface area (Å²) in [6.07, 6.45) is 0. The van der Waals surface area contributed by atoms with Gasteiger partial charge >= 0.3 is 5.97 Å². The molecule has 0 aliphatic carbocycles. The van der Waals surface area contributed by atoms with Crippen LogP contribution >= 0.6 is 11.6 Å². The summed E-state index contributed by atoms with van der Waals surface area (Å²) in [5.74, 6) is -0.309. The number of carbonyl (C=O) groups excluding carboxylic acids is 1. The van der Waals surface area contributed by atoms with Crippen LogP contribution in [0.5, 0.6) is 0 Å². The number of benzene rings is 1. The lowest BCUT2D eigenvalue weighted by Crippen LogP contribution is -2.34. The third kappa shape index (κ3) is 4.64. The summed E-state index contributed by atoms with van der Waals surface area (Å²) in [4.78, 5) is 13.8. The standard InChI is InChI=1S/C13H19ClN2O2/c1-16(2)8-7-15-12(13(17)18-3)10-5-4-6-11(14)9-10/h4-6,9,12,15H,7-8H2,1-3H3. The molecule has 100 valence electrons. The fourth-order valence-electron chi connectivity index (χ4n) is 1.57. The monoisotopic (exact) mass is 270 g/mol. The summed E-state index contributed by atoms with van der Waals surface area (Å²) in [5, 5.41) is 3.78. The zero-order valence-corrected chi connectivity index (χ0v) is 11.7. The summed E-state index contributed by atoms with van der Waals surface area (Å²) in [5.41, 5.74) is 0.813. The van der Waals surface area contributed by atoms with E-state index >= 15 is 0 Å². The molecule has 0 bridgehead atoms. The Balaban J connectivity index is 2.75. The molecule has 1 unspecified atom stereocenters. The predicted octanol–water partition coefficient (Wildman–Crippen LogP) is 1.71. The number of nitrogens with zero attached hydrogens (tertiary/aromatic N) is 1. The maximum Gasteiger partial charge on any atom is 0.327 e. The smallest absolute Gasteiger partial charge is 0.327 e. The molecule has 1 aromatic rings. The van der Waals surface area contributed by atoms with Crippen LogP contribution in [-0.4, -0.2) is 45.2 Å². The number of hydrogen-bond donors (Lipinski definition) is 1. The second kappa shape index (κ2) is 7.36. The van der Waals surface area contributed by atoms with Crippen LogP contribution in [0.1, 0.15) is 11.6 Å². The van der Waals surface area contributed by atoms with Crippen LogP contribution in [0, 0.1) is 0 Å². The number of methoxy groups -OCH3 is 1. The number of halogens is 1. The Morgan fingerprint density at radius 3 is 2.78 bits per heavy atom. The van der Waals surface area contributed by atoms with E-state index < -0.39 is 6.04 Å². The fraction of sp³-hybridized carbons (Fsp3) is 0.462. The van der Waals surface area contributed by atoms with Crippen molar-refractivity contribution < 1.29 is 9.53 Å². The van der Waals surface area contributed by atoms with Gasteiger partial charge in [0.15, 0.2) is 0 Å². The largest absolute Gasteiger partial charge is 0.468 e. The predicted molar refractivity (Wildman–Crippen MR) is 72.8 cm³/mol. The summed E-state index contributed by atoms with van der Waals surface area (Å²) in [6.45, 7) is 1.54. The van der Waals surface area contributed by atoms with Gasteiger partial charge in [0.25, 0.3) is 0 Å². The first-order chi connectivity index (χ1) is 8.54. The summed E-state index contributed by atoms with van der Waals surface area (Å²) >= 11 is 5.93. The molecular weight excluding hydrogens is 252 g/mol. The molecule has 18 heavy (non-hydrogen) atoms. The van der Waals surface area contributed by atoms with Gasteiger partial charge in [-0.25, -0.2) is 4.79 Å². The number of ether oxygens (including phenoxy) is 1. The SMILES string of the molecule is COC(=O)C(NCCN(C)C)c1cccc(Cl)c1.